The number of carboxylic acids is 1. The molecule has 1 heterocycles. The Labute approximate surface area is 129 Å². The number of nitrogens with zero attached hydrogens (tertiary/aromatic N) is 1. The van der Waals surface area contributed by atoms with Crippen molar-refractivity contribution >= 4 is 11.9 Å². The maximum absolute atomic E-state index is 12.5. The van der Waals surface area contributed by atoms with Gasteiger partial charge in [-0.15, -0.1) is 0 Å². The van der Waals surface area contributed by atoms with Crippen molar-refractivity contribution in [2.75, 3.05) is 20.8 Å². The van der Waals surface area contributed by atoms with E-state index in [0.29, 0.717) is 18.0 Å². The molecule has 0 spiro atoms. The molecular formula is C16H21NO5. The van der Waals surface area contributed by atoms with Crippen LogP contribution in [0.25, 0.3) is 0 Å². The minimum absolute atomic E-state index is 0.000978. The first-order valence-electron chi connectivity index (χ1n) is 7.27. The van der Waals surface area contributed by atoms with E-state index in [1.807, 2.05) is 0 Å². The molecule has 2 rings (SSSR count). The first-order chi connectivity index (χ1) is 10.5. The van der Waals surface area contributed by atoms with Crippen LogP contribution in [0.15, 0.2) is 18.2 Å². The molecule has 6 heteroatoms. The fraction of sp³-hybridized carbons (Fsp3) is 0.500. The summed E-state index contributed by atoms with van der Waals surface area (Å²) < 4.78 is 10.5. The zero-order valence-corrected chi connectivity index (χ0v) is 12.9. The van der Waals surface area contributed by atoms with Crippen LogP contribution >= 0.6 is 0 Å². The molecule has 0 bridgehead atoms. The third kappa shape index (κ3) is 3.69. The van der Waals surface area contributed by atoms with Crippen molar-refractivity contribution < 1.29 is 24.2 Å². The summed E-state index contributed by atoms with van der Waals surface area (Å²) in [5, 5.41) is 8.94. The van der Waals surface area contributed by atoms with E-state index in [1.165, 1.54) is 0 Å². The quantitative estimate of drug-likeness (QED) is 0.866. The smallest absolute Gasteiger partial charge is 0.305 e. The number of carbonyl (C=O) groups is 2. The number of ether oxygens (including phenoxy) is 2. The predicted octanol–water partition coefficient (Wildman–Crippen LogP) is 1.71. The Kier molecular flexibility index (Phi) is 5.25. The Morgan fingerprint density at radius 2 is 2.09 bits per heavy atom. The maximum atomic E-state index is 12.5. The Bertz CT molecular complexity index is 557. The van der Waals surface area contributed by atoms with Gasteiger partial charge in [0.15, 0.2) is 0 Å². The van der Waals surface area contributed by atoms with Crippen LogP contribution < -0.4 is 9.47 Å². The van der Waals surface area contributed by atoms with E-state index >= 15 is 0 Å². The average molecular weight is 307 g/mol. The lowest BCUT2D eigenvalue weighted by atomic mass is 10.1. The number of carbonyl (C=O) groups excluding carboxylic acids is 1. The van der Waals surface area contributed by atoms with E-state index in [2.05, 4.69) is 0 Å². The van der Waals surface area contributed by atoms with Gasteiger partial charge in [0.2, 0.25) is 5.91 Å². The second kappa shape index (κ2) is 7.15. The number of aliphatic carboxylic acids is 1. The van der Waals surface area contributed by atoms with Crippen LogP contribution in [0.2, 0.25) is 0 Å². The van der Waals surface area contributed by atoms with Crippen molar-refractivity contribution in [3.8, 4) is 11.5 Å². The van der Waals surface area contributed by atoms with Crippen molar-refractivity contribution in [2.24, 2.45) is 0 Å². The third-order valence-electron chi connectivity index (χ3n) is 3.94. The number of benzene rings is 1. The van der Waals surface area contributed by atoms with Crippen LogP contribution in [-0.4, -0.2) is 48.7 Å². The van der Waals surface area contributed by atoms with Crippen molar-refractivity contribution in [1.82, 2.24) is 4.90 Å². The molecule has 0 saturated carbocycles. The Hall–Kier alpha value is -2.24. The van der Waals surface area contributed by atoms with Crippen molar-refractivity contribution in [2.45, 2.75) is 31.7 Å². The van der Waals surface area contributed by atoms with Crippen molar-refractivity contribution in [3.05, 3.63) is 23.8 Å². The molecule has 0 aromatic heterocycles. The van der Waals surface area contributed by atoms with Crippen LogP contribution in [-0.2, 0) is 16.0 Å². The first-order valence-corrected chi connectivity index (χ1v) is 7.27. The summed E-state index contributed by atoms with van der Waals surface area (Å²) >= 11 is 0. The van der Waals surface area contributed by atoms with Crippen LogP contribution in [0.5, 0.6) is 11.5 Å². The summed E-state index contributed by atoms with van der Waals surface area (Å²) in [4.78, 5) is 25.1. The number of hydrogen-bond acceptors (Lipinski definition) is 4. The minimum Gasteiger partial charge on any atom is -0.497 e. The van der Waals surface area contributed by atoms with E-state index < -0.39 is 5.97 Å². The number of amides is 1. The molecular weight excluding hydrogens is 286 g/mol. The Morgan fingerprint density at radius 3 is 2.73 bits per heavy atom. The van der Waals surface area contributed by atoms with Gasteiger partial charge in [-0.1, -0.05) is 0 Å². The highest BCUT2D eigenvalue weighted by molar-refractivity contribution is 5.81. The highest BCUT2D eigenvalue weighted by Crippen LogP contribution is 2.27. The second-order valence-corrected chi connectivity index (χ2v) is 5.34. The summed E-state index contributed by atoms with van der Waals surface area (Å²) in [6.07, 6.45) is 1.77. The lowest BCUT2D eigenvalue weighted by Crippen LogP contribution is -2.37. The van der Waals surface area contributed by atoms with E-state index in [1.54, 1.807) is 37.3 Å². The number of carboxylic acid groups (broad SMARTS) is 1. The summed E-state index contributed by atoms with van der Waals surface area (Å²) in [6.45, 7) is 0.614. The van der Waals surface area contributed by atoms with Gasteiger partial charge in [0, 0.05) is 18.2 Å². The summed E-state index contributed by atoms with van der Waals surface area (Å²) in [5.41, 5.74) is 0.743. The van der Waals surface area contributed by atoms with E-state index in [4.69, 9.17) is 14.6 Å². The molecule has 120 valence electrons. The number of rotatable bonds is 6. The van der Waals surface area contributed by atoms with Crippen molar-refractivity contribution in [1.29, 1.82) is 0 Å². The van der Waals surface area contributed by atoms with E-state index in [-0.39, 0.29) is 24.8 Å². The average Bonchev–Trinajstić information content (AvgIpc) is 2.94. The van der Waals surface area contributed by atoms with Gasteiger partial charge in [0.05, 0.1) is 27.1 Å². The third-order valence-corrected chi connectivity index (χ3v) is 3.94. The molecule has 1 atom stereocenters. The van der Waals surface area contributed by atoms with Gasteiger partial charge < -0.3 is 19.5 Å². The van der Waals surface area contributed by atoms with Crippen molar-refractivity contribution in [3.63, 3.8) is 0 Å². The zero-order valence-electron chi connectivity index (χ0n) is 12.9. The van der Waals surface area contributed by atoms with E-state index in [9.17, 15) is 9.59 Å². The van der Waals surface area contributed by atoms with Crippen LogP contribution in [0.3, 0.4) is 0 Å². The molecule has 1 aromatic rings. The predicted molar refractivity (Wildman–Crippen MR) is 80.2 cm³/mol. The summed E-state index contributed by atoms with van der Waals surface area (Å²) in [7, 11) is 3.12. The second-order valence-electron chi connectivity index (χ2n) is 5.34. The Morgan fingerprint density at radius 1 is 1.32 bits per heavy atom. The molecule has 1 N–H and O–H groups in total. The van der Waals surface area contributed by atoms with Crippen LogP contribution in [0.4, 0.5) is 0 Å². The molecule has 1 aliphatic rings. The molecule has 1 aromatic carbocycles. The Balaban J connectivity index is 2.12. The molecule has 1 amide bonds. The normalized spacial score (nSPS) is 17.4. The number of hydrogen-bond donors (Lipinski definition) is 1. The van der Waals surface area contributed by atoms with Gasteiger partial charge in [0.25, 0.3) is 0 Å². The van der Waals surface area contributed by atoms with E-state index in [0.717, 1.165) is 18.4 Å². The standard InChI is InChI=1S/C16H21NO5/c1-21-13-5-6-14(22-2)11(8-13)9-15(18)17-7-3-4-12(17)10-16(19)20/h5-6,8,12H,3-4,7,9-10H2,1-2H3,(H,19,20). The molecule has 1 fully saturated rings. The fourth-order valence-corrected chi connectivity index (χ4v) is 2.86. The van der Waals surface area contributed by atoms with Gasteiger partial charge in [-0.3, -0.25) is 9.59 Å². The minimum atomic E-state index is -0.872. The molecule has 1 saturated heterocycles. The fourth-order valence-electron chi connectivity index (χ4n) is 2.86. The van der Waals surface area contributed by atoms with Gasteiger partial charge in [-0.05, 0) is 31.0 Å². The zero-order chi connectivity index (χ0) is 16.1. The summed E-state index contributed by atoms with van der Waals surface area (Å²) in [5.74, 6) is 0.342. The first kappa shape index (κ1) is 16.1. The maximum Gasteiger partial charge on any atom is 0.305 e. The molecule has 0 aliphatic carbocycles. The SMILES string of the molecule is COc1ccc(OC)c(CC(=O)N2CCCC2CC(=O)O)c1. The van der Waals surface area contributed by atoms with Gasteiger partial charge in [-0.25, -0.2) is 0 Å². The van der Waals surface area contributed by atoms with Gasteiger partial charge >= 0.3 is 5.97 Å². The lowest BCUT2D eigenvalue weighted by molar-refractivity contribution is -0.139. The van der Waals surface area contributed by atoms with Crippen LogP contribution in [0, 0.1) is 0 Å². The number of likely N-dealkylation sites (tertiary alicyclic amines) is 1. The molecule has 22 heavy (non-hydrogen) atoms. The highest BCUT2D eigenvalue weighted by Gasteiger charge is 2.30. The summed E-state index contributed by atoms with van der Waals surface area (Å²) in [6, 6.07) is 5.11. The molecule has 1 aliphatic heterocycles. The topological polar surface area (TPSA) is 76.1 Å². The molecule has 1 unspecified atom stereocenters. The largest absolute Gasteiger partial charge is 0.497 e. The van der Waals surface area contributed by atoms with Gasteiger partial charge in [-0.2, -0.15) is 0 Å². The monoisotopic (exact) mass is 307 g/mol. The molecule has 6 nitrogen and oxygen atoms in total. The lowest BCUT2D eigenvalue weighted by Gasteiger charge is -2.24. The number of methoxy groups -OCH3 is 2. The highest BCUT2D eigenvalue weighted by atomic mass is 16.5. The van der Waals surface area contributed by atoms with Crippen LogP contribution in [0.1, 0.15) is 24.8 Å². The molecule has 0 radical (unpaired) electrons. The van der Waals surface area contributed by atoms with Gasteiger partial charge in [0.1, 0.15) is 11.5 Å².